The summed E-state index contributed by atoms with van der Waals surface area (Å²) >= 11 is 6.04. The van der Waals surface area contributed by atoms with Gasteiger partial charge in [0.1, 0.15) is 5.75 Å². The Bertz CT molecular complexity index is 933. The van der Waals surface area contributed by atoms with Crippen LogP contribution in [0, 0.1) is 5.92 Å². The van der Waals surface area contributed by atoms with Crippen molar-refractivity contribution in [2.24, 2.45) is 5.92 Å². The maximum absolute atomic E-state index is 12.9. The van der Waals surface area contributed by atoms with Crippen molar-refractivity contribution in [3.63, 3.8) is 0 Å². The van der Waals surface area contributed by atoms with E-state index in [0.717, 1.165) is 38.0 Å². The number of aliphatic carboxylic acids is 2. The molecule has 2 aromatic carbocycles. The van der Waals surface area contributed by atoms with Gasteiger partial charge in [0.05, 0.1) is 0 Å². The van der Waals surface area contributed by atoms with Gasteiger partial charge >= 0.3 is 11.9 Å². The van der Waals surface area contributed by atoms with E-state index in [2.05, 4.69) is 17.0 Å². The zero-order valence-corrected chi connectivity index (χ0v) is 19.2. The van der Waals surface area contributed by atoms with E-state index in [0.29, 0.717) is 18.1 Å². The lowest BCUT2D eigenvalue weighted by Gasteiger charge is -2.34. The van der Waals surface area contributed by atoms with Crippen molar-refractivity contribution in [1.82, 2.24) is 9.80 Å². The Kier molecular flexibility index (Phi) is 10.2. The largest absolute Gasteiger partial charge is 0.508 e. The molecule has 3 rings (SSSR count). The van der Waals surface area contributed by atoms with E-state index < -0.39 is 11.9 Å². The Morgan fingerprint density at radius 1 is 1.03 bits per heavy atom. The van der Waals surface area contributed by atoms with Crippen molar-refractivity contribution < 1.29 is 29.7 Å². The van der Waals surface area contributed by atoms with Gasteiger partial charge in [-0.05, 0) is 56.6 Å². The standard InChI is InChI=1S/C22H27ClN2O2.C2H2O4/c1-2-25(15-17-6-4-3-5-7-17)22(27)18-10-12-24(13-11-18)16-19-14-20(23)8-9-21(19)26;3-1(4)2(5)6/h3-9,14,18,26H,2,10-13,15-16H2,1H3;(H,3,4)(H,5,6). The first-order chi connectivity index (χ1) is 15.7. The van der Waals surface area contributed by atoms with Crippen molar-refractivity contribution in [2.45, 2.75) is 32.9 Å². The van der Waals surface area contributed by atoms with Crippen molar-refractivity contribution in [3.8, 4) is 5.75 Å². The summed E-state index contributed by atoms with van der Waals surface area (Å²) in [6.07, 6.45) is 1.71. The van der Waals surface area contributed by atoms with Crippen LogP contribution in [0.1, 0.15) is 30.9 Å². The molecule has 33 heavy (non-hydrogen) atoms. The lowest BCUT2D eigenvalue weighted by Crippen LogP contribution is -2.42. The lowest BCUT2D eigenvalue weighted by molar-refractivity contribution is -0.159. The summed E-state index contributed by atoms with van der Waals surface area (Å²) in [4.78, 5) is 35.4. The quantitative estimate of drug-likeness (QED) is 0.546. The van der Waals surface area contributed by atoms with Gasteiger partial charge in [-0.1, -0.05) is 41.9 Å². The minimum Gasteiger partial charge on any atom is -0.508 e. The third kappa shape index (κ3) is 8.40. The van der Waals surface area contributed by atoms with E-state index in [1.165, 1.54) is 5.56 Å². The highest BCUT2D eigenvalue weighted by molar-refractivity contribution is 6.30. The van der Waals surface area contributed by atoms with Crippen molar-refractivity contribution in [3.05, 3.63) is 64.7 Å². The van der Waals surface area contributed by atoms with Crippen LogP contribution in [-0.4, -0.2) is 62.6 Å². The number of carboxylic acid groups (broad SMARTS) is 2. The summed E-state index contributed by atoms with van der Waals surface area (Å²) < 4.78 is 0. The van der Waals surface area contributed by atoms with Crippen LogP contribution in [0.15, 0.2) is 48.5 Å². The van der Waals surface area contributed by atoms with Crippen LogP contribution in [0.5, 0.6) is 5.75 Å². The van der Waals surface area contributed by atoms with Gasteiger partial charge in [-0.25, -0.2) is 9.59 Å². The smallest absolute Gasteiger partial charge is 0.414 e. The number of carbonyl (C=O) groups excluding carboxylic acids is 1. The van der Waals surface area contributed by atoms with Gasteiger partial charge in [0.25, 0.3) is 0 Å². The Hall–Kier alpha value is -3.10. The maximum Gasteiger partial charge on any atom is 0.414 e. The molecule has 1 aliphatic heterocycles. The van der Waals surface area contributed by atoms with Gasteiger partial charge in [0.15, 0.2) is 0 Å². The van der Waals surface area contributed by atoms with Crippen LogP contribution in [-0.2, 0) is 27.5 Å². The van der Waals surface area contributed by atoms with E-state index in [-0.39, 0.29) is 17.6 Å². The predicted molar refractivity (Wildman–Crippen MR) is 124 cm³/mol. The van der Waals surface area contributed by atoms with Crippen LogP contribution in [0.3, 0.4) is 0 Å². The van der Waals surface area contributed by atoms with Crippen molar-refractivity contribution in [1.29, 1.82) is 0 Å². The number of carbonyl (C=O) groups is 3. The molecule has 2 aromatic rings. The average Bonchev–Trinajstić information content (AvgIpc) is 2.81. The first kappa shape index (κ1) is 26.2. The SMILES string of the molecule is CCN(Cc1ccccc1)C(=O)C1CCN(Cc2cc(Cl)ccc2O)CC1.O=C(O)C(=O)O. The second-order valence-corrected chi connectivity index (χ2v) is 8.21. The number of likely N-dealkylation sites (tertiary alicyclic amines) is 1. The average molecular weight is 477 g/mol. The molecule has 178 valence electrons. The Labute approximate surface area is 198 Å². The van der Waals surface area contributed by atoms with Crippen LogP contribution < -0.4 is 0 Å². The van der Waals surface area contributed by atoms with Gasteiger partial charge in [-0.3, -0.25) is 9.69 Å². The summed E-state index contributed by atoms with van der Waals surface area (Å²) in [5.41, 5.74) is 2.01. The summed E-state index contributed by atoms with van der Waals surface area (Å²) in [5, 5.41) is 25.4. The van der Waals surface area contributed by atoms with Crippen LogP contribution >= 0.6 is 11.6 Å². The zero-order chi connectivity index (χ0) is 24.4. The highest BCUT2D eigenvalue weighted by Gasteiger charge is 2.28. The minimum absolute atomic E-state index is 0.0814. The van der Waals surface area contributed by atoms with E-state index in [4.69, 9.17) is 31.4 Å². The molecule has 0 aromatic heterocycles. The molecule has 1 heterocycles. The van der Waals surface area contributed by atoms with Crippen molar-refractivity contribution >= 4 is 29.4 Å². The molecule has 0 unspecified atom stereocenters. The third-order valence-electron chi connectivity index (χ3n) is 5.46. The summed E-state index contributed by atoms with van der Waals surface area (Å²) in [5.74, 6) is -3.04. The van der Waals surface area contributed by atoms with Gasteiger partial charge in [-0.15, -0.1) is 0 Å². The maximum atomic E-state index is 12.9. The molecule has 0 aliphatic carbocycles. The summed E-state index contributed by atoms with van der Waals surface area (Å²) in [6.45, 7) is 5.81. The number of amides is 1. The summed E-state index contributed by atoms with van der Waals surface area (Å²) in [7, 11) is 0. The fraction of sp³-hybridized carbons (Fsp3) is 0.375. The molecular weight excluding hydrogens is 448 g/mol. The number of carboxylic acids is 2. The van der Waals surface area contributed by atoms with Gasteiger partial charge in [-0.2, -0.15) is 0 Å². The number of hydrogen-bond donors (Lipinski definition) is 3. The molecule has 1 saturated heterocycles. The van der Waals surface area contributed by atoms with Crippen LogP contribution in [0.25, 0.3) is 0 Å². The number of benzene rings is 2. The highest BCUT2D eigenvalue weighted by Crippen LogP contribution is 2.26. The Morgan fingerprint density at radius 3 is 2.18 bits per heavy atom. The normalized spacial score (nSPS) is 14.1. The third-order valence-corrected chi connectivity index (χ3v) is 5.70. The molecule has 0 atom stereocenters. The van der Waals surface area contributed by atoms with E-state index in [9.17, 15) is 9.90 Å². The molecule has 0 spiro atoms. The number of piperidine rings is 1. The molecule has 0 saturated carbocycles. The number of nitrogens with zero attached hydrogens (tertiary/aromatic N) is 2. The molecule has 1 amide bonds. The highest BCUT2D eigenvalue weighted by atomic mass is 35.5. The molecule has 8 nitrogen and oxygen atoms in total. The molecule has 1 fully saturated rings. The number of aromatic hydroxyl groups is 1. The van der Waals surface area contributed by atoms with E-state index >= 15 is 0 Å². The lowest BCUT2D eigenvalue weighted by atomic mass is 9.94. The van der Waals surface area contributed by atoms with Crippen LogP contribution in [0.4, 0.5) is 0 Å². The number of halogens is 1. The van der Waals surface area contributed by atoms with E-state index in [1.54, 1.807) is 12.1 Å². The monoisotopic (exact) mass is 476 g/mol. The molecular formula is C24H29ClN2O6. The molecule has 0 radical (unpaired) electrons. The Balaban J connectivity index is 0.000000569. The van der Waals surface area contributed by atoms with E-state index in [1.807, 2.05) is 36.1 Å². The first-order valence-corrected chi connectivity index (χ1v) is 11.1. The molecule has 0 bridgehead atoms. The number of phenols is 1. The number of rotatable bonds is 6. The number of hydrogen-bond acceptors (Lipinski definition) is 5. The topological polar surface area (TPSA) is 118 Å². The molecule has 1 aliphatic rings. The molecule has 3 N–H and O–H groups in total. The second kappa shape index (κ2) is 12.8. The van der Waals surface area contributed by atoms with Gasteiger partial charge in [0.2, 0.25) is 5.91 Å². The van der Waals surface area contributed by atoms with Gasteiger partial charge < -0.3 is 20.2 Å². The molecule has 9 heteroatoms. The fourth-order valence-electron chi connectivity index (χ4n) is 3.67. The second-order valence-electron chi connectivity index (χ2n) is 7.77. The Morgan fingerprint density at radius 2 is 1.64 bits per heavy atom. The van der Waals surface area contributed by atoms with Gasteiger partial charge in [0, 0.05) is 36.1 Å². The number of phenolic OH excluding ortho intramolecular Hbond substituents is 1. The summed E-state index contributed by atoms with van der Waals surface area (Å²) in [6, 6.07) is 15.3. The fourth-order valence-corrected chi connectivity index (χ4v) is 3.86. The minimum atomic E-state index is -1.82. The van der Waals surface area contributed by atoms with Crippen molar-refractivity contribution in [2.75, 3.05) is 19.6 Å². The zero-order valence-electron chi connectivity index (χ0n) is 18.5. The first-order valence-electron chi connectivity index (χ1n) is 10.7. The van der Waals surface area contributed by atoms with Crippen LogP contribution in [0.2, 0.25) is 5.02 Å². The predicted octanol–water partition coefficient (Wildman–Crippen LogP) is 3.46.